The van der Waals surface area contributed by atoms with Crippen LogP contribution in [0.25, 0.3) is 11.4 Å². The Labute approximate surface area is 194 Å². The van der Waals surface area contributed by atoms with Gasteiger partial charge in [-0.2, -0.15) is 0 Å². The van der Waals surface area contributed by atoms with Gasteiger partial charge in [-0.3, -0.25) is 0 Å². The van der Waals surface area contributed by atoms with Gasteiger partial charge in [-0.25, -0.2) is 23.2 Å². The van der Waals surface area contributed by atoms with Crippen LogP contribution in [-0.4, -0.2) is 74.7 Å². The highest BCUT2D eigenvalue weighted by Crippen LogP contribution is 2.48. The molecule has 2 fully saturated rings. The number of anilines is 2. The Morgan fingerprint density at radius 1 is 1.15 bits per heavy atom. The van der Waals surface area contributed by atoms with Crippen LogP contribution in [0.1, 0.15) is 25.0 Å². The number of rotatable bonds is 9. The van der Waals surface area contributed by atoms with E-state index in [9.17, 15) is 13.2 Å². The third-order valence-corrected chi connectivity index (χ3v) is 6.76. The fourth-order valence-corrected chi connectivity index (χ4v) is 4.81. The number of aliphatic hydroxyl groups excluding tert-OH is 1. The van der Waals surface area contributed by atoms with E-state index in [0.717, 1.165) is 29.9 Å². The van der Waals surface area contributed by atoms with E-state index in [0.29, 0.717) is 50.8 Å². The lowest BCUT2D eigenvalue weighted by Gasteiger charge is -2.29. The number of carbonyl (C=O) groups excluding carboxylic acids is 1. The molecule has 1 aromatic carbocycles. The van der Waals surface area contributed by atoms with Crippen LogP contribution in [0.5, 0.6) is 0 Å². The van der Waals surface area contributed by atoms with Crippen LogP contribution in [0.3, 0.4) is 0 Å². The lowest BCUT2D eigenvalue weighted by atomic mass is 10.0. The lowest BCUT2D eigenvalue weighted by Crippen LogP contribution is -2.37. The number of thiol groups is 1. The Morgan fingerprint density at radius 3 is 2.52 bits per heavy atom. The Balaban J connectivity index is 1.58. The molecule has 1 saturated carbocycles. The Hall–Kier alpha value is -2.76. The molecule has 0 radical (unpaired) electrons. The van der Waals surface area contributed by atoms with Gasteiger partial charge < -0.3 is 25.4 Å². The number of aliphatic hydroxyl groups is 1. The largest absolute Gasteiger partial charge is 0.396 e. The minimum Gasteiger partial charge on any atom is -0.396 e. The van der Waals surface area contributed by atoms with Crippen molar-refractivity contribution in [3.05, 3.63) is 36.0 Å². The van der Waals surface area contributed by atoms with Gasteiger partial charge in [0, 0.05) is 49.0 Å². The molecule has 2 heterocycles. The van der Waals surface area contributed by atoms with Crippen LogP contribution in [0.15, 0.2) is 30.3 Å². The fraction of sp³-hybridized carbons (Fsp3) is 0.500. The summed E-state index contributed by atoms with van der Waals surface area (Å²) in [5, 5.41) is 14.2. The molecular formula is C22H29N5O5S. The maximum Gasteiger partial charge on any atom is 0.319 e. The molecule has 0 spiro atoms. The van der Waals surface area contributed by atoms with Gasteiger partial charge in [0.2, 0.25) is 0 Å². The van der Waals surface area contributed by atoms with Crippen LogP contribution in [0.2, 0.25) is 0 Å². The van der Waals surface area contributed by atoms with E-state index in [-0.39, 0.29) is 18.4 Å². The highest BCUT2D eigenvalue weighted by molar-refractivity contribution is 7.72. The normalized spacial score (nSPS) is 17.1. The van der Waals surface area contributed by atoms with Gasteiger partial charge in [0.25, 0.3) is 0 Å². The van der Waals surface area contributed by atoms with Crippen molar-refractivity contribution in [1.29, 1.82) is 0 Å². The Kier molecular flexibility index (Phi) is 7.41. The van der Waals surface area contributed by atoms with Crippen molar-refractivity contribution in [2.24, 2.45) is 0 Å². The number of hydrogen-bond donors (Lipinski definition) is 4. The van der Waals surface area contributed by atoms with Gasteiger partial charge >= 0.3 is 6.03 Å². The van der Waals surface area contributed by atoms with Crippen LogP contribution >= 0.6 is 0 Å². The molecule has 3 N–H and O–H groups in total. The first-order valence-electron chi connectivity index (χ1n) is 11.1. The third kappa shape index (κ3) is 5.98. The fourth-order valence-electron chi connectivity index (χ4n) is 3.84. The van der Waals surface area contributed by atoms with Crippen molar-refractivity contribution in [3.63, 3.8) is 0 Å². The highest BCUT2D eigenvalue weighted by atomic mass is 32.2. The van der Waals surface area contributed by atoms with Crippen molar-refractivity contribution in [2.75, 3.05) is 55.4 Å². The summed E-state index contributed by atoms with van der Waals surface area (Å²) in [7, 11) is -2.51. The molecule has 1 aliphatic heterocycles. The monoisotopic (exact) mass is 475 g/mol. The Bertz CT molecular complexity index is 1040. The summed E-state index contributed by atoms with van der Waals surface area (Å²) >= 11 is 0. The molecule has 4 rings (SSSR count). The second-order valence-corrected chi connectivity index (χ2v) is 9.32. The van der Waals surface area contributed by atoms with Crippen LogP contribution in [-0.2, 0) is 20.9 Å². The number of urea groups is 1. The number of morpholine rings is 1. The van der Waals surface area contributed by atoms with E-state index in [1.807, 2.05) is 18.2 Å². The number of amides is 2. The van der Waals surface area contributed by atoms with Gasteiger partial charge in [-0.15, -0.1) is 0 Å². The summed E-state index contributed by atoms with van der Waals surface area (Å²) in [4.78, 5) is 23.6. The first-order chi connectivity index (χ1) is 16.0. The lowest BCUT2D eigenvalue weighted by molar-refractivity contribution is 0.122. The van der Waals surface area contributed by atoms with Crippen molar-refractivity contribution < 1.29 is 23.1 Å². The van der Waals surface area contributed by atoms with Crippen molar-refractivity contribution in [1.82, 2.24) is 15.3 Å². The predicted octanol–water partition coefficient (Wildman–Crippen LogP) is 1.13. The Morgan fingerprint density at radius 2 is 1.88 bits per heavy atom. The molecule has 1 saturated heterocycles. The molecule has 11 heteroatoms. The molecular weight excluding hydrogens is 446 g/mol. The SMILES string of the molecule is O=C(NCCCO)Nc1ccc(-c2nc(N3CCOCC3)cc(C3(C[SH](=O)=O)CC3)n2)cc1. The number of hydrogen-bond acceptors (Lipinski definition) is 8. The summed E-state index contributed by atoms with van der Waals surface area (Å²) < 4.78 is 28.4. The van der Waals surface area contributed by atoms with E-state index in [1.165, 1.54) is 0 Å². The quantitative estimate of drug-likeness (QED) is 0.313. The van der Waals surface area contributed by atoms with Crippen molar-refractivity contribution in [3.8, 4) is 11.4 Å². The average molecular weight is 476 g/mol. The number of carbonyl (C=O) groups is 1. The van der Waals surface area contributed by atoms with Gasteiger partial charge in [-0.1, -0.05) is 0 Å². The first kappa shape index (κ1) is 23.4. The number of nitrogens with one attached hydrogen (secondary N) is 2. The number of nitrogens with zero attached hydrogens (tertiary/aromatic N) is 3. The number of benzene rings is 1. The summed E-state index contributed by atoms with van der Waals surface area (Å²) in [6.45, 7) is 3.08. The predicted molar refractivity (Wildman–Crippen MR) is 125 cm³/mol. The molecule has 0 bridgehead atoms. The molecule has 0 unspecified atom stereocenters. The van der Waals surface area contributed by atoms with E-state index in [1.54, 1.807) is 12.1 Å². The maximum atomic E-state index is 11.9. The highest BCUT2D eigenvalue weighted by Gasteiger charge is 2.47. The molecule has 2 aliphatic rings. The molecule has 33 heavy (non-hydrogen) atoms. The number of aromatic nitrogens is 2. The molecule has 2 aromatic rings. The summed E-state index contributed by atoms with van der Waals surface area (Å²) in [5.41, 5.74) is 1.73. The van der Waals surface area contributed by atoms with Crippen LogP contribution in [0, 0.1) is 0 Å². The minimum absolute atomic E-state index is 0.0209. The van der Waals surface area contributed by atoms with Gasteiger partial charge in [-0.05, 0) is 43.5 Å². The first-order valence-corrected chi connectivity index (χ1v) is 12.5. The zero-order valence-corrected chi connectivity index (χ0v) is 19.2. The van der Waals surface area contributed by atoms with Gasteiger partial charge in [0.15, 0.2) is 5.82 Å². The molecule has 178 valence electrons. The average Bonchev–Trinajstić information content (AvgIpc) is 3.60. The molecule has 2 amide bonds. The third-order valence-electron chi connectivity index (χ3n) is 5.90. The standard InChI is InChI=1S/C22H29N5O5S/c28-11-1-8-23-21(29)24-17-4-2-16(3-5-17)20-25-18(22(6-7-22)15-33(30)31)14-19(26-20)27-9-12-32-13-10-27/h2-5,14,28,33H,1,6-13,15H2,(H2,23,24,29). The molecule has 0 atom stereocenters. The zero-order chi connectivity index (χ0) is 23.3. The van der Waals surface area contributed by atoms with Gasteiger partial charge in [0.1, 0.15) is 16.5 Å². The summed E-state index contributed by atoms with van der Waals surface area (Å²) in [5.74, 6) is 1.40. The van der Waals surface area contributed by atoms with E-state index < -0.39 is 16.1 Å². The smallest absolute Gasteiger partial charge is 0.319 e. The maximum absolute atomic E-state index is 11.9. The van der Waals surface area contributed by atoms with Crippen molar-refractivity contribution >= 4 is 28.2 Å². The number of ether oxygens (including phenoxy) is 1. The van der Waals surface area contributed by atoms with Crippen LogP contribution < -0.4 is 15.5 Å². The molecule has 1 aromatic heterocycles. The van der Waals surface area contributed by atoms with Crippen molar-refractivity contribution in [2.45, 2.75) is 24.7 Å². The van der Waals surface area contributed by atoms with E-state index >= 15 is 0 Å². The van der Waals surface area contributed by atoms with Crippen LogP contribution in [0.4, 0.5) is 16.3 Å². The zero-order valence-electron chi connectivity index (χ0n) is 18.3. The minimum atomic E-state index is -2.51. The van der Waals surface area contributed by atoms with E-state index in [2.05, 4.69) is 15.5 Å². The van der Waals surface area contributed by atoms with Gasteiger partial charge in [0.05, 0.1) is 24.7 Å². The second kappa shape index (κ2) is 10.4. The summed E-state index contributed by atoms with van der Waals surface area (Å²) in [6, 6.07) is 8.79. The molecule has 10 nitrogen and oxygen atoms in total. The van der Waals surface area contributed by atoms with E-state index in [4.69, 9.17) is 19.8 Å². The summed E-state index contributed by atoms with van der Waals surface area (Å²) in [6.07, 6.45) is 2.08. The second-order valence-electron chi connectivity index (χ2n) is 8.34. The topological polar surface area (TPSA) is 134 Å². The molecule has 1 aliphatic carbocycles.